The van der Waals surface area contributed by atoms with Crippen molar-refractivity contribution in [1.82, 2.24) is 0 Å². The normalized spacial score (nSPS) is 19.8. The van der Waals surface area contributed by atoms with Crippen LogP contribution < -0.4 is 4.74 Å². The molecule has 1 saturated carbocycles. The highest BCUT2D eigenvalue weighted by Crippen LogP contribution is 2.26. The van der Waals surface area contributed by atoms with E-state index in [0.29, 0.717) is 6.10 Å². The molecule has 84 valence electrons. The van der Waals surface area contributed by atoms with E-state index >= 15 is 0 Å². The predicted octanol–water partition coefficient (Wildman–Crippen LogP) is 2.98. The third-order valence-corrected chi connectivity index (χ3v) is 3.46. The number of ether oxygens (including phenoxy) is 1. The van der Waals surface area contributed by atoms with E-state index < -0.39 is 0 Å². The summed E-state index contributed by atoms with van der Waals surface area (Å²) in [5, 5.41) is 0. The van der Waals surface area contributed by atoms with Gasteiger partial charge in [-0.2, -0.15) is 0 Å². The second kappa shape index (κ2) is 4.28. The number of fused-ring (bicyclic) bond motifs is 1. The van der Waals surface area contributed by atoms with E-state index in [0.717, 1.165) is 18.7 Å². The molecule has 1 heterocycles. The van der Waals surface area contributed by atoms with Crippen molar-refractivity contribution in [3.05, 3.63) is 29.3 Å². The Kier molecular flexibility index (Phi) is 2.65. The van der Waals surface area contributed by atoms with Gasteiger partial charge in [0.1, 0.15) is 5.75 Å². The van der Waals surface area contributed by atoms with Crippen LogP contribution in [0.3, 0.4) is 0 Å². The Bertz CT molecular complexity index is 405. The van der Waals surface area contributed by atoms with E-state index in [4.69, 9.17) is 4.74 Å². The Morgan fingerprint density at radius 1 is 1.19 bits per heavy atom. The van der Waals surface area contributed by atoms with Gasteiger partial charge in [-0.05, 0) is 61.4 Å². The van der Waals surface area contributed by atoms with Crippen LogP contribution in [0.4, 0.5) is 0 Å². The predicted molar refractivity (Wildman–Crippen MR) is 65.5 cm³/mol. The third kappa shape index (κ3) is 1.97. The molecule has 0 N–H and O–H groups in total. The lowest BCUT2D eigenvalue weighted by Crippen LogP contribution is -2.11. The van der Waals surface area contributed by atoms with Crippen LogP contribution in [0.5, 0.6) is 5.75 Å². The molecule has 3 rings (SSSR count). The van der Waals surface area contributed by atoms with Gasteiger partial charge in [0.15, 0.2) is 0 Å². The second-order valence-corrected chi connectivity index (χ2v) is 4.67. The molecular formula is C14H17NO. The molecule has 2 aliphatic rings. The summed E-state index contributed by atoms with van der Waals surface area (Å²) in [7, 11) is 0. The molecule has 0 radical (unpaired) electrons. The molecular weight excluding hydrogens is 198 g/mol. The van der Waals surface area contributed by atoms with Gasteiger partial charge in [0.25, 0.3) is 0 Å². The molecule has 0 amide bonds. The van der Waals surface area contributed by atoms with E-state index in [1.807, 2.05) is 6.21 Å². The topological polar surface area (TPSA) is 21.6 Å². The van der Waals surface area contributed by atoms with Gasteiger partial charge in [-0.25, -0.2) is 0 Å². The monoisotopic (exact) mass is 215 g/mol. The van der Waals surface area contributed by atoms with Gasteiger partial charge in [0, 0.05) is 12.8 Å². The summed E-state index contributed by atoms with van der Waals surface area (Å²) in [5.74, 6) is 1.04. The summed E-state index contributed by atoms with van der Waals surface area (Å²) >= 11 is 0. The molecule has 0 atom stereocenters. The fraction of sp³-hybridized carbons (Fsp3) is 0.500. The summed E-state index contributed by atoms with van der Waals surface area (Å²) < 4.78 is 6.00. The first kappa shape index (κ1) is 9.88. The average molecular weight is 215 g/mol. The zero-order valence-electron chi connectivity index (χ0n) is 9.48. The number of rotatable bonds is 2. The fourth-order valence-electron chi connectivity index (χ4n) is 2.54. The lowest BCUT2D eigenvalue weighted by Gasteiger charge is -2.16. The number of hydrogen-bond donors (Lipinski definition) is 0. The molecule has 0 aromatic heterocycles. The van der Waals surface area contributed by atoms with Crippen molar-refractivity contribution >= 4 is 6.21 Å². The summed E-state index contributed by atoms with van der Waals surface area (Å²) in [4.78, 5) is 4.29. The van der Waals surface area contributed by atoms with Crippen molar-refractivity contribution in [1.29, 1.82) is 0 Å². The molecule has 2 heteroatoms. The van der Waals surface area contributed by atoms with Crippen LogP contribution in [0, 0.1) is 0 Å². The molecule has 0 unspecified atom stereocenters. The lowest BCUT2D eigenvalue weighted by molar-refractivity contribution is 0.210. The average Bonchev–Trinajstić information content (AvgIpc) is 2.82. The maximum Gasteiger partial charge on any atom is 0.120 e. The van der Waals surface area contributed by atoms with Gasteiger partial charge in [-0.15, -0.1) is 0 Å². The van der Waals surface area contributed by atoms with Crippen LogP contribution >= 0.6 is 0 Å². The minimum absolute atomic E-state index is 0.454. The molecule has 1 aliphatic carbocycles. The van der Waals surface area contributed by atoms with E-state index in [1.54, 1.807) is 0 Å². The van der Waals surface area contributed by atoms with Gasteiger partial charge in [-0.1, -0.05) is 0 Å². The van der Waals surface area contributed by atoms with Crippen LogP contribution in [-0.4, -0.2) is 18.9 Å². The molecule has 1 fully saturated rings. The standard InChI is InChI=1S/C14H17NO/c1-2-4-13(3-1)16-14-6-5-12-10-15-8-7-11(12)9-14/h5-6,9-10,13H,1-4,7-8H2. The van der Waals surface area contributed by atoms with E-state index in [2.05, 4.69) is 23.2 Å². The molecule has 16 heavy (non-hydrogen) atoms. The molecule has 0 bridgehead atoms. The summed E-state index contributed by atoms with van der Waals surface area (Å²) in [5.41, 5.74) is 2.63. The van der Waals surface area contributed by atoms with E-state index in [9.17, 15) is 0 Å². The summed E-state index contributed by atoms with van der Waals surface area (Å²) in [6.07, 6.45) is 8.56. The van der Waals surface area contributed by atoms with Gasteiger partial charge < -0.3 is 4.74 Å². The van der Waals surface area contributed by atoms with Crippen molar-refractivity contribution in [2.75, 3.05) is 6.54 Å². The summed E-state index contributed by atoms with van der Waals surface area (Å²) in [6.45, 7) is 0.917. The molecule has 1 aliphatic heterocycles. The Balaban J connectivity index is 1.77. The van der Waals surface area contributed by atoms with Gasteiger partial charge >= 0.3 is 0 Å². The SMILES string of the molecule is C1=NCCc2cc(OC3CCCC3)ccc21. The summed E-state index contributed by atoms with van der Waals surface area (Å²) in [6, 6.07) is 6.40. The zero-order chi connectivity index (χ0) is 10.8. The Morgan fingerprint density at radius 3 is 2.94 bits per heavy atom. The first-order valence-corrected chi connectivity index (χ1v) is 6.21. The molecule has 1 aromatic carbocycles. The maximum atomic E-state index is 6.00. The third-order valence-electron chi connectivity index (χ3n) is 3.46. The van der Waals surface area contributed by atoms with E-state index in [1.165, 1.54) is 36.8 Å². The largest absolute Gasteiger partial charge is 0.490 e. The first-order valence-electron chi connectivity index (χ1n) is 6.21. The van der Waals surface area contributed by atoms with Crippen LogP contribution in [-0.2, 0) is 6.42 Å². The van der Waals surface area contributed by atoms with Crippen LogP contribution in [0.1, 0.15) is 36.8 Å². The van der Waals surface area contributed by atoms with Crippen LogP contribution in [0.25, 0.3) is 0 Å². The highest BCUT2D eigenvalue weighted by molar-refractivity contribution is 5.83. The molecule has 1 aromatic rings. The van der Waals surface area contributed by atoms with Crippen molar-refractivity contribution in [2.24, 2.45) is 4.99 Å². The van der Waals surface area contributed by atoms with Crippen molar-refractivity contribution in [2.45, 2.75) is 38.2 Å². The number of aliphatic imine (C=N–C) groups is 1. The van der Waals surface area contributed by atoms with Crippen LogP contribution in [0.15, 0.2) is 23.2 Å². The van der Waals surface area contributed by atoms with Crippen LogP contribution in [0.2, 0.25) is 0 Å². The second-order valence-electron chi connectivity index (χ2n) is 4.67. The molecule has 0 spiro atoms. The molecule has 2 nitrogen and oxygen atoms in total. The fourth-order valence-corrected chi connectivity index (χ4v) is 2.54. The zero-order valence-corrected chi connectivity index (χ0v) is 9.48. The highest BCUT2D eigenvalue weighted by atomic mass is 16.5. The smallest absolute Gasteiger partial charge is 0.120 e. The van der Waals surface area contributed by atoms with Gasteiger partial charge in [-0.3, -0.25) is 4.99 Å². The Labute approximate surface area is 96.3 Å². The number of nitrogens with zero attached hydrogens (tertiary/aromatic N) is 1. The van der Waals surface area contributed by atoms with Crippen molar-refractivity contribution in [3.8, 4) is 5.75 Å². The minimum Gasteiger partial charge on any atom is -0.490 e. The number of hydrogen-bond acceptors (Lipinski definition) is 2. The van der Waals surface area contributed by atoms with E-state index in [-0.39, 0.29) is 0 Å². The quantitative estimate of drug-likeness (QED) is 0.743. The van der Waals surface area contributed by atoms with Crippen molar-refractivity contribution < 1.29 is 4.74 Å². The van der Waals surface area contributed by atoms with Crippen molar-refractivity contribution in [3.63, 3.8) is 0 Å². The maximum absolute atomic E-state index is 6.00. The number of benzene rings is 1. The molecule has 0 saturated heterocycles. The Morgan fingerprint density at radius 2 is 2.06 bits per heavy atom. The minimum atomic E-state index is 0.454. The first-order chi connectivity index (χ1) is 7.92. The van der Waals surface area contributed by atoms with Gasteiger partial charge in [0.05, 0.1) is 6.10 Å². The lowest BCUT2D eigenvalue weighted by atomic mass is 10.0. The van der Waals surface area contributed by atoms with Gasteiger partial charge in [0.2, 0.25) is 0 Å². The Hall–Kier alpha value is -1.31. The highest BCUT2D eigenvalue weighted by Gasteiger charge is 2.17.